The molecule has 9 heteroatoms. The quantitative estimate of drug-likeness (QED) is 0.294. The van der Waals surface area contributed by atoms with Crippen molar-refractivity contribution in [2.75, 3.05) is 23.0 Å². The molecule has 0 amide bonds. The van der Waals surface area contributed by atoms with E-state index in [2.05, 4.69) is 4.98 Å². The lowest BCUT2D eigenvalue weighted by Crippen LogP contribution is -2.36. The molecule has 2 N–H and O–H groups in total. The van der Waals surface area contributed by atoms with Gasteiger partial charge in [-0.2, -0.15) is 0 Å². The van der Waals surface area contributed by atoms with Gasteiger partial charge in [0.1, 0.15) is 0 Å². The fourth-order valence-corrected chi connectivity index (χ4v) is 10.2. The number of carbonyl (C=O) groups is 1. The first-order valence-electron chi connectivity index (χ1n) is 11.7. The zero-order valence-corrected chi connectivity index (χ0v) is 24.2. The van der Waals surface area contributed by atoms with E-state index in [1.54, 1.807) is 47.0 Å². The van der Waals surface area contributed by atoms with E-state index in [9.17, 15) is 9.90 Å². The first kappa shape index (κ1) is 25.8. The van der Waals surface area contributed by atoms with E-state index >= 15 is 0 Å². The van der Waals surface area contributed by atoms with Crippen LogP contribution in [0.2, 0.25) is 10.0 Å². The lowest BCUT2D eigenvalue weighted by atomic mass is 9.75. The van der Waals surface area contributed by atoms with Crippen molar-refractivity contribution in [3.63, 3.8) is 0 Å². The summed E-state index contributed by atoms with van der Waals surface area (Å²) in [5.74, 6) is 3.75. The van der Waals surface area contributed by atoms with Crippen molar-refractivity contribution in [1.29, 1.82) is 0 Å². The van der Waals surface area contributed by atoms with E-state index in [-0.39, 0.29) is 5.78 Å². The number of benzene rings is 2. The van der Waals surface area contributed by atoms with Gasteiger partial charge in [0, 0.05) is 54.6 Å². The number of aromatic nitrogens is 1. The summed E-state index contributed by atoms with van der Waals surface area (Å²) in [6.45, 7) is 0. The monoisotopic (exact) mass is 601 g/mol. The highest BCUT2D eigenvalue weighted by Crippen LogP contribution is 2.56. The number of carbonyl (C=O) groups excluding carboxylic acids is 1. The van der Waals surface area contributed by atoms with Gasteiger partial charge in [-0.05, 0) is 41.5 Å². The van der Waals surface area contributed by atoms with E-state index in [1.807, 2.05) is 66.9 Å². The Morgan fingerprint density at radius 3 is 2.03 bits per heavy atom. The number of halogens is 2. The number of hydrogen-bond acceptors (Lipinski definition) is 6. The molecular weight excluding hydrogens is 581 g/mol. The molecule has 3 aliphatic rings. The van der Waals surface area contributed by atoms with Crippen molar-refractivity contribution in [3.8, 4) is 11.1 Å². The molecule has 3 heterocycles. The van der Waals surface area contributed by atoms with Crippen molar-refractivity contribution >= 4 is 82.1 Å². The minimum atomic E-state index is -1.51. The van der Waals surface area contributed by atoms with Gasteiger partial charge >= 0.3 is 0 Å². The second-order valence-electron chi connectivity index (χ2n) is 8.66. The Morgan fingerprint density at radius 2 is 1.41 bits per heavy atom. The SMILES string of the molecule is O=C1C(=C2SCCS2)C(=C2SCCS2)C(O)(/C=C\c2ccc(Cl)cc2)c2[nH]cc(-c3ccc(Cl)cc3)c21. The molecule has 2 saturated heterocycles. The third-order valence-corrected chi connectivity index (χ3v) is 12.3. The van der Waals surface area contributed by atoms with Crippen LogP contribution in [0.1, 0.15) is 21.6 Å². The van der Waals surface area contributed by atoms with Crippen LogP contribution in [-0.4, -0.2) is 38.9 Å². The van der Waals surface area contributed by atoms with Gasteiger partial charge in [-0.25, -0.2) is 0 Å². The number of aromatic amines is 1. The maximum atomic E-state index is 14.4. The number of rotatable bonds is 3. The number of fused-ring (bicyclic) bond motifs is 1. The molecule has 0 radical (unpaired) electrons. The highest BCUT2D eigenvalue weighted by molar-refractivity contribution is 8.25. The molecule has 3 aromatic rings. The van der Waals surface area contributed by atoms with Gasteiger partial charge in [0.25, 0.3) is 0 Å². The van der Waals surface area contributed by atoms with Crippen LogP contribution in [0.5, 0.6) is 0 Å². The number of hydrogen-bond donors (Lipinski definition) is 2. The molecule has 6 rings (SSSR count). The highest BCUT2D eigenvalue weighted by Gasteiger charge is 2.49. The average molecular weight is 603 g/mol. The van der Waals surface area contributed by atoms with Crippen LogP contribution in [0, 0.1) is 0 Å². The van der Waals surface area contributed by atoms with E-state index in [4.69, 9.17) is 23.2 Å². The molecule has 1 aromatic heterocycles. The van der Waals surface area contributed by atoms with Crippen LogP contribution in [0.3, 0.4) is 0 Å². The van der Waals surface area contributed by atoms with Gasteiger partial charge in [-0.1, -0.05) is 53.5 Å². The molecule has 1 atom stereocenters. The van der Waals surface area contributed by atoms with Crippen LogP contribution >= 0.6 is 70.2 Å². The second kappa shape index (κ2) is 10.6. The van der Waals surface area contributed by atoms with Crippen molar-refractivity contribution < 1.29 is 9.90 Å². The minimum Gasteiger partial charge on any atom is -0.375 e. The van der Waals surface area contributed by atoms with Crippen molar-refractivity contribution in [2.24, 2.45) is 0 Å². The molecular formula is C28H21Cl2NO2S4. The van der Waals surface area contributed by atoms with Gasteiger partial charge in [0.05, 0.1) is 21.1 Å². The van der Waals surface area contributed by atoms with E-state index in [0.29, 0.717) is 32.4 Å². The van der Waals surface area contributed by atoms with E-state index in [0.717, 1.165) is 48.2 Å². The summed E-state index contributed by atoms with van der Waals surface area (Å²) in [5, 5.41) is 13.9. The molecule has 188 valence electrons. The summed E-state index contributed by atoms with van der Waals surface area (Å²) >= 11 is 19.1. The smallest absolute Gasteiger partial charge is 0.197 e. The Hall–Kier alpha value is -1.45. The predicted octanol–water partition coefficient (Wildman–Crippen LogP) is 8.47. The number of thioether (sulfide) groups is 4. The molecule has 1 aliphatic carbocycles. The third-order valence-electron chi connectivity index (χ3n) is 6.40. The zero-order chi connectivity index (χ0) is 25.6. The zero-order valence-electron chi connectivity index (χ0n) is 19.4. The summed E-state index contributed by atoms with van der Waals surface area (Å²) in [5.41, 5.74) is 3.38. The number of Topliss-reactive ketones (excluding diaryl/α,β-unsaturated/α-hetero) is 1. The summed E-state index contributed by atoms with van der Waals surface area (Å²) < 4.78 is 2.01. The van der Waals surface area contributed by atoms with Crippen molar-refractivity contribution in [2.45, 2.75) is 5.60 Å². The fraction of sp³-hybridized carbons (Fsp3) is 0.179. The molecule has 2 aromatic carbocycles. The van der Waals surface area contributed by atoms with Gasteiger partial charge < -0.3 is 10.1 Å². The van der Waals surface area contributed by atoms with Crippen LogP contribution in [0.15, 0.2) is 80.4 Å². The number of ketones is 1. The van der Waals surface area contributed by atoms with Gasteiger partial charge in [-0.15, -0.1) is 47.0 Å². The van der Waals surface area contributed by atoms with E-state index < -0.39 is 5.60 Å². The molecule has 0 bridgehead atoms. The molecule has 1 unspecified atom stereocenters. The topological polar surface area (TPSA) is 53.1 Å². The lowest BCUT2D eigenvalue weighted by molar-refractivity contribution is 0.0944. The summed E-state index contributed by atoms with van der Waals surface area (Å²) in [6.07, 6.45) is 5.55. The predicted molar refractivity (Wildman–Crippen MR) is 164 cm³/mol. The number of aliphatic hydroxyl groups is 1. The molecule has 3 nitrogen and oxygen atoms in total. The molecule has 2 fully saturated rings. The Bertz CT molecular complexity index is 1460. The molecule has 0 saturated carbocycles. The summed E-state index contributed by atoms with van der Waals surface area (Å²) in [4.78, 5) is 17.7. The van der Waals surface area contributed by atoms with Crippen LogP contribution in [0.4, 0.5) is 0 Å². The maximum absolute atomic E-state index is 14.4. The third kappa shape index (κ3) is 4.78. The Kier molecular flexibility index (Phi) is 7.40. The summed E-state index contributed by atoms with van der Waals surface area (Å²) in [7, 11) is 0. The Balaban J connectivity index is 1.62. The lowest BCUT2D eigenvalue weighted by Gasteiger charge is -2.35. The maximum Gasteiger partial charge on any atom is 0.197 e. The average Bonchev–Trinajstić information content (AvgIpc) is 3.68. The Morgan fingerprint density at radius 1 is 0.838 bits per heavy atom. The van der Waals surface area contributed by atoms with Gasteiger partial charge in [0.15, 0.2) is 11.4 Å². The first-order valence-corrected chi connectivity index (χ1v) is 16.4. The summed E-state index contributed by atoms with van der Waals surface area (Å²) in [6, 6.07) is 14.9. The highest BCUT2D eigenvalue weighted by atomic mass is 35.5. The van der Waals surface area contributed by atoms with Crippen LogP contribution < -0.4 is 0 Å². The normalized spacial score (nSPS) is 22.0. The molecule has 37 heavy (non-hydrogen) atoms. The number of nitrogens with one attached hydrogen (secondary N) is 1. The fourth-order valence-electron chi connectivity index (χ4n) is 4.69. The van der Waals surface area contributed by atoms with Crippen molar-refractivity contribution in [1.82, 2.24) is 4.98 Å². The first-order chi connectivity index (χ1) is 18.0. The Labute approximate surface area is 242 Å². The van der Waals surface area contributed by atoms with Crippen LogP contribution in [0.25, 0.3) is 17.2 Å². The minimum absolute atomic E-state index is 0.0433. The van der Waals surface area contributed by atoms with Gasteiger partial charge in [0.2, 0.25) is 0 Å². The standard InChI is InChI=1S/C28H21Cl2NO2S4/c29-18-5-1-16(2-6-18)9-10-28(33)23(27-36-13-14-37-27)22(26-34-11-12-35-26)24(32)21-20(15-31-25(21)28)17-3-7-19(30)8-4-17/h1-10,15,31,33H,11-14H2/b10-9-. The second-order valence-corrected chi connectivity index (χ2v) is 14.5. The van der Waals surface area contributed by atoms with E-state index in [1.165, 1.54) is 0 Å². The van der Waals surface area contributed by atoms with Crippen LogP contribution in [-0.2, 0) is 5.60 Å². The van der Waals surface area contributed by atoms with Crippen molar-refractivity contribution in [3.05, 3.63) is 107 Å². The largest absolute Gasteiger partial charge is 0.375 e. The molecule has 0 spiro atoms. The number of H-pyrrole nitrogens is 1. The van der Waals surface area contributed by atoms with Gasteiger partial charge in [-0.3, -0.25) is 4.79 Å². The molecule has 2 aliphatic heterocycles.